The molecule has 0 saturated carbocycles. The third-order valence-corrected chi connectivity index (χ3v) is 10.3. The van der Waals surface area contributed by atoms with Gasteiger partial charge in [-0.15, -0.1) is 6.42 Å². The number of hydrogen-bond donors (Lipinski definition) is 4. The normalized spacial score (nSPS) is 20.3. The van der Waals surface area contributed by atoms with E-state index in [1.165, 1.54) is 49.4 Å². The number of benzene rings is 1. The molecule has 3 heterocycles. The average Bonchev–Trinajstić information content (AvgIpc) is 3.70. The minimum atomic E-state index is -4.68. The molecule has 4 rings (SSSR count). The number of carbonyl (C=O) groups excluding carboxylic acids is 1. The molecule has 52 heavy (non-hydrogen) atoms. The number of anilines is 1. The Bertz CT molecular complexity index is 1710. The van der Waals surface area contributed by atoms with Crippen molar-refractivity contribution in [3.05, 3.63) is 48.3 Å². The number of aliphatic hydroxyl groups excluding tert-OH is 1. The summed E-state index contributed by atoms with van der Waals surface area (Å²) >= 11 is 0. The Labute approximate surface area is 302 Å². The van der Waals surface area contributed by atoms with Crippen LogP contribution in [-0.2, 0) is 39.1 Å². The van der Waals surface area contributed by atoms with Crippen molar-refractivity contribution in [3.63, 3.8) is 0 Å². The monoisotopic (exact) mass is 746 g/mol. The first-order valence-electron chi connectivity index (χ1n) is 17.6. The third kappa shape index (κ3) is 11.5. The molecule has 3 aromatic rings. The number of nitrogens with one attached hydrogen (secondary N) is 1. The highest BCUT2D eigenvalue weighted by molar-refractivity contribution is 7.51. The van der Waals surface area contributed by atoms with Crippen LogP contribution in [0.15, 0.2) is 36.7 Å². The van der Waals surface area contributed by atoms with E-state index in [1.807, 2.05) is 0 Å². The van der Waals surface area contributed by atoms with E-state index in [4.69, 9.17) is 30.7 Å². The Balaban J connectivity index is 1.39. The lowest BCUT2D eigenvalue weighted by atomic mass is 9.99. The fourth-order valence-electron chi connectivity index (χ4n) is 5.82. The number of imidazole rings is 1. The SMILES string of the molecule is C#C[C@]1(CO[P@@](=O)(N[C@@H](Cc2ccccc2)C(=O)O)OCC(=O)OCCCCCCCCCCCC)O[C@@H](n2cnc3c(N)nc(F)nc32)C[C@@H]1O. The number of aromatic nitrogens is 4. The van der Waals surface area contributed by atoms with Gasteiger partial charge < -0.3 is 25.4 Å². The summed E-state index contributed by atoms with van der Waals surface area (Å²) in [4.78, 5) is 36.1. The lowest BCUT2D eigenvalue weighted by Gasteiger charge is -2.29. The topological polar surface area (TPSA) is 210 Å². The van der Waals surface area contributed by atoms with Gasteiger partial charge in [0.25, 0.3) is 0 Å². The average molecular weight is 747 g/mol. The highest BCUT2D eigenvalue weighted by Gasteiger charge is 2.50. The Morgan fingerprint density at radius 3 is 2.46 bits per heavy atom. The molecule has 0 unspecified atom stereocenters. The number of carbonyl (C=O) groups is 2. The number of terminal acetylenes is 1. The maximum Gasteiger partial charge on any atom is 0.406 e. The van der Waals surface area contributed by atoms with Gasteiger partial charge in [0.1, 0.15) is 25.0 Å². The zero-order chi connectivity index (χ0) is 37.6. The van der Waals surface area contributed by atoms with Crippen LogP contribution < -0.4 is 10.8 Å². The van der Waals surface area contributed by atoms with E-state index in [9.17, 15) is 28.8 Å². The molecule has 1 saturated heterocycles. The van der Waals surface area contributed by atoms with Crippen LogP contribution in [0.1, 0.15) is 89.3 Å². The van der Waals surface area contributed by atoms with Gasteiger partial charge in [-0.1, -0.05) is 101 Å². The molecule has 0 spiro atoms. The smallest absolute Gasteiger partial charge is 0.406 e. The molecule has 1 aromatic carbocycles. The molecule has 0 radical (unpaired) electrons. The van der Waals surface area contributed by atoms with E-state index in [0.717, 1.165) is 19.3 Å². The van der Waals surface area contributed by atoms with E-state index in [2.05, 4.69) is 32.9 Å². The summed E-state index contributed by atoms with van der Waals surface area (Å²) in [7, 11) is -4.68. The molecule has 1 fully saturated rings. The Kier molecular flexibility index (Phi) is 15.5. The van der Waals surface area contributed by atoms with Gasteiger partial charge in [0.2, 0.25) is 0 Å². The summed E-state index contributed by atoms with van der Waals surface area (Å²) in [6.45, 7) is 0.726. The minimum Gasteiger partial charge on any atom is -0.480 e. The molecular weight excluding hydrogens is 698 g/mol. The fourth-order valence-corrected chi connectivity index (χ4v) is 7.27. The Morgan fingerprint density at radius 1 is 1.13 bits per heavy atom. The third-order valence-electron chi connectivity index (χ3n) is 8.74. The maximum atomic E-state index is 14.1. The van der Waals surface area contributed by atoms with Crippen molar-refractivity contribution in [1.29, 1.82) is 0 Å². The Hall–Kier alpha value is -3.97. The molecule has 0 bridgehead atoms. The summed E-state index contributed by atoms with van der Waals surface area (Å²) < 4.78 is 51.8. The van der Waals surface area contributed by atoms with Crippen LogP contribution in [0.25, 0.3) is 11.2 Å². The van der Waals surface area contributed by atoms with Crippen molar-refractivity contribution in [2.24, 2.45) is 0 Å². The second-order valence-electron chi connectivity index (χ2n) is 12.7. The molecule has 15 nitrogen and oxygen atoms in total. The number of fused-ring (bicyclic) bond motifs is 1. The predicted octanol–water partition coefficient (Wildman–Crippen LogP) is 5.09. The van der Waals surface area contributed by atoms with Gasteiger partial charge in [-0.25, -0.2) is 19.4 Å². The summed E-state index contributed by atoms with van der Waals surface area (Å²) in [5, 5.41) is 23.5. The van der Waals surface area contributed by atoms with Crippen molar-refractivity contribution < 1.29 is 47.3 Å². The number of carboxylic acids is 1. The van der Waals surface area contributed by atoms with Crippen molar-refractivity contribution in [3.8, 4) is 12.3 Å². The number of aliphatic hydroxyl groups is 1. The Morgan fingerprint density at radius 2 is 1.81 bits per heavy atom. The van der Waals surface area contributed by atoms with E-state index < -0.39 is 63.0 Å². The number of nitrogen functional groups attached to an aromatic ring is 1. The van der Waals surface area contributed by atoms with Crippen LogP contribution in [0.4, 0.5) is 10.2 Å². The molecule has 1 aliphatic heterocycles. The number of carboxylic acid groups (broad SMARTS) is 1. The van der Waals surface area contributed by atoms with Crippen LogP contribution in [-0.4, -0.2) is 79.2 Å². The second-order valence-corrected chi connectivity index (χ2v) is 14.5. The minimum absolute atomic E-state index is 0.0202. The lowest BCUT2D eigenvalue weighted by Crippen LogP contribution is -2.44. The number of aliphatic carboxylic acids is 1. The predicted molar refractivity (Wildman–Crippen MR) is 189 cm³/mol. The van der Waals surface area contributed by atoms with Crippen molar-refractivity contribution in [2.45, 2.75) is 108 Å². The first-order chi connectivity index (χ1) is 25.0. The standard InChI is InChI=1S/C35H48FN6O9P/c1-3-5-6-7-8-9-10-11-12-16-19-48-29(44)22-49-52(47,41-26(33(45)46)20-25-17-14-13-15-18-25)50-23-35(4-2)27(43)21-28(51-35)42-24-38-30-31(37)39-34(36)40-32(30)42/h2,13-15,17-18,24,26-28,43H,3,5-12,16,19-23H2,1H3,(H,41,47)(H,45,46)(H2,37,39,40)/t26-,27-,28+,35+,52+/m0/s1. The number of rotatable bonds is 23. The molecule has 5 atom stereocenters. The molecule has 17 heteroatoms. The second kappa shape index (κ2) is 19.8. The van der Waals surface area contributed by atoms with Gasteiger partial charge in [-0.3, -0.25) is 18.4 Å². The van der Waals surface area contributed by atoms with Crippen LogP contribution >= 0.6 is 7.75 Å². The van der Waals surface area contributed by atoms with E-state index in [0.29, 0.717) is 12.0 Å². The summed E-state index contributed by atoms with van der Waals surface area (Å²) in [6, 6.07) is 7.09. The van der Waals surface area contributed by atoms with Crippen molar-refractivity contribution in [1.82, 2.24) is 24.6 Å². The number of hydrogen-bond acceptors (Lipinski definition) is 12. The van der Waals surface area contributed by atoms with E-state index in [-0.39, 0.29) is 36.4 Å². The van der Waals surface area contributed by atoms with Crippen molar-refractivity contribution in [2.75, 3.05) is 25.6 Å². The van der Waals surface area contributed by atoms with Gasteiger partial charge in [0.05, 0.1) is 12.9 Å². The summed E-state index contributed by atoms with van der Waals surface area (Å²) in [6.07, 6.45) is 14.3. The number of esters is 1. The number of nitrogens with two attached hydrogens (primary N) is 1. The summed E-state index contributed by atoms with van der Waals surface area (Å²) in [5.74, 6) is -0.0789. The van der Waals surface area contributed by atoms with Crippen LogP contribution in [0.2, 0.25) is 0 Å². The summed E-state index contributed by atoms with van der Waals surface area (Å²) in [5.41, 5.74) is 4.49. The number of unbranched alkanes of at least 4 members (excludes halogenated alkanes) is 9. The van der Waals surface area contributed by atoms with Gasteiger partial charge in [-0.2, -0.15) is 14.4 Å². The van der Waals surface area contributed by atoms with Gasteiger partial charge in [-0.05, 0) is 18.4 Å². The molecule has 284 valence electrons. The maximum absolute atomic E-state index is 14.1. The molecule has 2 aromatic heterocycles. The largest absolute Gasteiger partial charge is 0.480 e. The van der Waals surface area contributed by atoms with Gasteiger partial charge in [0, 0.05) is 6.42 Å². The van der Waals surface area contributed by atoms with Crippen LogP contribution in [0, 0.1) is 18.4 Å². The zero-order valence-corrected chi connectivity index (χ0v) is 30.2. The molecule has 5 N–H and O–H groups in total. The molecular formula is C35H48FN6O9P. The van der Waals surface area contributed by atoms with Crippen LogP contribution in [0.5, 0.6) is 0 Å². The quantitative estimate of drug-likeness (QED) is 0.0328. The highest BCUT2D eigenvalue weighted by atomic mass is 31.2. The number of nitrogens with zero attached hydrogens (tertiary/aromatic N) is 4. The first kappa shape index (κ1) is 40.8. The fraction of sp³-hybridized carbons (Fsp3) is 0.571. The van der Waals surface area contributed by atoms with E-state index >= 15 is 0 Å². The molecule has 1 aliphatic rings. The number of ether oxygens (including phenoxy) is 2. The first-order valence-corrected chi connectivity index (χ1v) is 19.1. The van der Waals surface area contributed by atoms with Gasteiger partial charge in [0.15, 0.2) is 29.2 Å². The zero-order valence-electron chi connectivity index (χ0n) is 29.3. The number of halogens is 1. The van der Waals surface area contributed by atoms with E-state index in [1.54, 1.807) is 30.3 Å². The lowest BCUT2D eigenvalue weighted by molar-refractivity contribution is -0.146. The molecule has 0 amide bonds. The van der Waals surface area contributed by atoms with Crippen molar-refractivity contribution >= 4 is 36.7 Å². The van der Waals surface area contributed by atoms with Gasteiger partial charge >= 0.3 is 25.8 Å². The molecule has 0 aliphatic carbocycles. The van der Waals surface area contributed by atoms with Crippen LogP contribution in [0.3, 0.4) is 0 Å². The highest BCUT2D eigenvalue weighted by Crippen LogP contribution is 2.48.